The van der Waals surface area contributed by atoms with Crippen LogP contribution in [-0.4, -0.2) is 0 Å². The molecule has 1 aliphatic carbocycles. The van der Waals surface area contributed by atoms with Crippen LogP contribution in [0.1, 0.15) is 18.4 Å². The van der Waals surface area contributed by atoms with Crippen molar-refractivity contribution in [2.45, 2.75) is 12.8 Å². The summed E-state index contributed by atoms with van der Waals surface area (Å²) in [7, 11) is 0. The molecule has 0 N–H and O–H groups in total. The van der Waals surface area contributed by atoms with Crippen LogP contribution in [0.2, 0.25) is 0 Å². The Morgan fingerprint density at radius 3 is 1.56 bits per heavy atom. The number of anilines is 6. The molecule has 0 bridgehead atoms. The van der Waals surface area contributed by atoms with Crippen LogP contribution in [0.5, 0.6) is 0 Å². The van der Waals surface area contributed by atoms with E-state index < -0.39 is 0 Å². The molecule has 3 heteroatoms. The normalized spacial score (nSPS) is 12.5. The average Bonchev–Trinajstić information content (AvgIpc) is 3.70. The van der Waals surface area contributed by atoms with Gasteiger partial charge in [0.15, 0.2) is 0 Å². The number of hydrogen-bond acceptors (Lipinski definition) is 3. The number of para-hydroxylation sites is 1. The Morgan fingerprint density at radius 2 is 0.918 bits per heavy atom. The molecule has 1 aromatic heterocycles. The van der Waals surface area contributed by atoms with Gasteiger partial charge in [0.1, 0.15) is 0 Å². The van der Waals surface area contributed by atoms with Gasteiger partial charge in [-0.05, 0) is 130 Å². The summed E-state index contributed by atoms with van der Waals surface area (Å²) in [5.74, 6) is 0. The smallest absolute Gasteiger partial charge is 0.0575 e. The van der Waals surface area contributed by atoms with Gasteiger partial charge in [-0.15, -0.1) is 11.3 Å². The molecule has 0 spiro atoms. The van der Waals surface area contributed by atoms with Gasteiger partial charge >= 0.3 is 0 Å². The van der Waals surface area contributed by atoms with E-state index in [2.05, 4.69) is 240 Å². The number of allylic oxidation sites excluding steroid dienone is 4. The van der Waals surface area contributed by atoms with Crippen LogP contribution in [0.15, 0.2) is 231 Å². The highest BCUT2D eigenvalue weighted by Gasteiger charge is 2.24. The Bertz CT molecular complexity index is 3220. The molecule has 61 heavy (non-hydrogen) atoms. The summed E-state index contributed by atoms with van der Waals surface area (Å²) >= 11 is 1.88. The maximum Gasteiger partial charge on any atom is 0.0575 e. The third-order valence-electron chi connectivity index (χ3n) is 11.9. The van der Waals surface area contributed by atoms with E-state index in [0.29, 0.717) is 0 Å². The second-order valence-electron chi connectivity index (χ2n) is 15.7. The van der Waals surface area contributed by atoms with Crippen LogP contribution in [0.25, 0.3) is 58.8 Å². The maximum absolute atomic E-state index is 2.45. The van der Waals surface area contributed by atoms with Gasteiger partial charge in [-0.25, -0.2) is 0 Å². The summed E-state index contributed by atoms with van der Waals surface area (Å²) in [6.07, 6.45) is 8.82. The Labute approximate surface area is 361 Å². The molecule has 0 atom stereocenters. The van der Waals surface area contributed by atoms with Gasteiger partial charge in [0.2, 0.25) is 0 Å². The lowest BCUT2D eigenvalue weighted by Crippen LogP contribution is -2.14. The highest BCUT2D eigenvalue weighted by molar-refractivity contribution is 7.26. The Kier molecular flexibility index (Phi) is 9.57. The molecule has 0 fully saturated rings. The molecule has 9 aromatic carbocycles. The third-order valence-corrected chi connectivity index (χ3v) is 13.0. The molecule has 0 saturated heterocycles. The number of thiophene rings is 1. The highest BCUT2D eigenvalue weighted by atomic mass is 32.1. The third kappa shape index (κ3) is 7.09. The largest absolute Gasteiger partial charge is 0.310 e. The van der Waals surface area contributed by atoms with Crippen molar-refractivity contribution in [3.05, 3.63) is 236 Å². The number of fused-ring (bicyclic) bond motifs is 4. The highest BCUT2D eigenvalue weighted by Crippen LogP contribution is 2.50. The monoisotopic (exact) mass is 798 g/mol. The fourth-order valence-electron chi connectivity index (χ4n) is 8.87. The predicted molar refractivity (Wildman–Crippen MR) is 263 cm³/mol. The molecule has 2 nitrogen and oxygen atoms in total. The molecule has 0 unspecified atom stereocenters. The lowest BCUT2D eigenvalue weighted by molar-refractivity contribution is 1.05. The van der Waals surface area contributed by atoms with E-state index in [0.717, 1.165) is 47.0 Å². The van der Waals surface area contributed by atoms with Gasteiger partial charge < -0.3 is 9.80 Å². The minimum atomic E-state index is 1.03. The maximum atomic E-state index is 2.45. The molecule has 0 radical (unpaired) electrons. The van der Waals surface area contributed by atoms with Gasteiger partial charge in [0.25, 0.3) is 0 Å². The van der Waals surface area contributed by atoms with Gasteiger partial charge in [-0.1, -0.05) is 158 Å². The Hall–Kier alpha value is -7.46. The van der Waals surface area contributed by atoms with Crippen LogP contribution in [0.3, 0.4) is 0 Å². The average molecular weight is 799 g/mol. The predicted octanol–water partition coefficient (Wildman–Crippen LogP) is 17.2. The first-order valence-electron chi connectivity index (χ1n) is 21.0. The Morgan fingerprint density at radius 1 is 0.377 bits per heavy atom. The minimum Gasteiger partial charge on any atom is -0.310 e. The van der Waals surface area contributed by atoms with Gasteiger partial charge in [0, 0.05) is 48.6 Å². The molecule has 1 heterocycles. The summed E-state index contributed by atoms with van der Waals surface area (Å²) in [6.45, 7) is 0. The van der Waals surface area contributed by atoms with E-state index in [9.17, 15) is 0 Å². The van der Waals surface area contributed by atoms with Crippen molar-refractivity contribution in [2.24, 2.45) is 0 Å². The summed E-state index contributed by atoms with van der Waals surface area (Å²) in [4.78, 5) is 4.90. The molecule has 0 aliphatic heterocycles. The zero-order valence-corrected chi connectivity index (χ0v) is 34.5. The fourth-order valence-corrected chi connectivity index (χ4v) is 10.1. The summed E-state index contributed by atoms with van der Waals surface area (Å²) in [5, 5.41) is 5.01. The summed E-state index contributed by atoms with van der Waals surface area (Å²) < 4.78 is 2.51. The van der Waals surface area contributed by atoms with Crippen molar-refractivity contribution < 1.29 is 0 Å². The van der Waals surface area contributed by atoms with Crippen LogP contribution >= 0.6 is 11.3 Å². The van der Waals surface area contributed by atoms with E-state index >= 15 is 0 Å². The fraction of sp³-hybridized carbons (Fsp3) is 0.0345. The van der Waals surface area contributed by atoms with Crippen LogP contribution in [0.4, 0.5) is 34.1 Å². The lowest BCUT2D eigenvalue weighted by atomic mass is 9.96. The minimum absolute atomic E-state index is 1.03. The zero-order chi connectivity index (χ0) is 40.5. The summed E-state index contributed by atoms with van der Waals surface area (Å²) in [6, 6.07) is 77.6. The number of hydrogen-bond donors (Lipinski definition) is 0. The molecular formula is C58H42N2S. The van der Waals surface area contributed by atoms with E-state index in [-0.39, 0.29) is 0 Å². The molecule has 0 saturated carbocycles. The van der Waals surface area contributed by atoms with Gasteiger partial charge in [0.05, 0.1) is 5.69 Å². The van der Waals surface area contributed by atoms with Crippen LogP contribution in [-0.2, 0) is 0 Å². The van der Waals surface area contributed by atoms with Crippen molar-refractivity contribution in [3.63, 3.8) is 0 Å². The SMILES string of the molecule is C1=CCCC(c2cccc(N(c3ccc(-c4ccccc4)cc3)c3cc(N(c4ccccc4)c4ccc(-c5ccccc5)cc4)c4c(c3)sc3cc5ccccc5cc34)c2)=C1. The molecule has 11 rings (SSSR count). The molecule has 10 aromatic rings. The first-order valence-corrected chi connectivity index (χ1v) is 21.9. The number of rotatable bonds is 9. The second-order valence-corrected chi connectivity index (χ2v) is 16.8. The quantitative estimate of drug-likeness (QED) is 0.144. The Balaban J connectivity index is 1.17. The van der Waals surface area contributed by atoms with E-state index in [1.54, 1.807) is 0 Å². The van der Waals surface area contributed by atoms with E-state index in [4.69, 9.17) is 0 Å². The first kappa shape index (κ1) is 36.6. The topological polar surface area (TPSA) is 6.48 Å². The first-order chi connectivity index (χ1) is 30.2. The van der Waals surface area contributed by atoms with Crippen molar-refractivity contribution in [1.82, 2.24) is 0 Å². The van der Waals surface area contributed by atoms with Gasteiger partial charge in [-0.2, -0.15) is 0 Å². The van der Waals surface area contributed by atoms with Crippen molar-refractivity contribution in [3.8, 4) is 22.3 Å². The number of nitrogens with zero attached hydrogens (tertiary/aromatic N) is 2. The molecular weight excluding hydrogens is 757 g/mol. The van der Waals surface area contributed by atoms with Crippen molar-refractivity contribution in [1.29, 1.82) is 0 Å². The standard InChI is InChI=1S/C58H42N2S/c1-5-16-41(17-6-1)44-28-32-50(33-29-44)59(52-27-15-24-46(36-52)43-20-9-3-10-21-43)53-39-55(58-54-37-47-22-13-14-23-48(47)38-56(54)61-57(58)40-53)60(49-25-11-4-12-26-49)51-34-30-45(31-35-51)42-18-7-2-8-19-42/h1-9,11-20,22-40H,10,21H2. The van der Waals surface area contributed by atoms with Crippen molar-refractivity contribution in [2.75, 3.05) is 9.80 Å². The second kappa shape index (κ2) is 16.0. The van der Waals surface area contributed by atoms with E-state index in [1.165, 1.54) is 64.3 Å². The van der Waals surface area contributed by atoms with Gasteiger partial charge in [-0.3, -0.25) is 0 Å². The number of benzene rings is 9. The van der Waals surface area contributed by atoms with Crippen molar-refractivity contribution >= 4 is 82.0 Å². The van der Waals surface area contributed by atoms with E-state index in [1.807, 2.05) is 11.3 Å². The molecule has 290 valence electrons. The molecule has 1 aliphatic rings. The van der Waals surface area contributed by atoms with Crippen LogP contribution in [0, 0.1) is 0 Å². The summed E-state index contributed by atoms with van der Waals surface area (Å²) in [5.41, 5.74) is 14.1. The zero-order valence-electron chi connectivity index (χ0n) is 33.7. The molecule has 0 amide bonds. The van der Waals surface area contributed by atoms with Crippen LogP contribution < -0.4 is 9.80 Å². The lowest BCUT2D eigenvalue weighted by Gasteiger charge is -2.30.